The highest BCUT2D eigenvalue weighted by molar-refractivity contribution is 6.04. The third-order valence-corrected chi connectivity index (χ3v) is 5.18. The largest absolute Gasteiger partial charge is 0.497 e. The maximum Gasteiger partial charge on any atom is 0.338 e. The number of urea groups is 1. The van der Waals surface area contributed by atoms with Crippen LogP contribution in [0.5, 0.6) is 11.5 Å². The van der Waals surface area contributed by atoms with E-state index in [2.05, 4.69) is 17.6 Å². The minimum absolute atomic E-state index is 0.216. The first kappa shape index (κ1) is 23.2. The molecule has 2 N–H and O–H groups in total. The van der Waals surface area contributed by atoms with E-state index in [1.54, 1.807) is 38.3 Å². The Hall–Kier alpha value is -3.48. The normalized spacial score (nSPS) is 15.6. The number of rotatable bonds is 10. The van der Waals surface area contributed by atoms with E-state index in [-0.39, 0.29) is 6.61 Å². The molecule has 1 heterocycles. The zero-order valence-corrected chi connectivity index (χ0v) is 18.8. The number of benzene rings is 2. The Morgan fingerprint density at radius 3 is 2.47 bits per heavy atom. The van der Waals surface area contributed by atoms with Crippen LogP contribution in [-0.2, 0) is 9.53 Å². The number of ether oxygens (including phenoxy) is 3. The van der Waals surface area contributed by atoms with Crippen molar-refractivity contribution in [3.63, 3.8) is 0 Å². The number of esters is 1. The van der Waals surface area contributed by atoms with Crippen molar-refractivity contribution >= 4 is 17.7 Å². The van der Waals surface area contributed by atoms with Gasteiger partial charge in [0.15, 0.2) is 0 Å². The van der Waals surface area contributed by atoms with Crippen LogP contribution in [0.1, 0.15) is 50.3 Å². The number of para-hydroxylation sites is 1. The maximum atomic E-state index is 13.1. The van der Waals surface area contributed by atoms with Crippen molar-refractivity contribution in [1.29, 1.82) is 0 Å². The summed E-state index contributed by atoms with van der Waals surface area (Å²) in [5.74, 6) is 0.804. The predicted molar refractivity (Wildman–Crippen MR) is 122 cm³/mol. The van der Waals surface area contributed by atoms with Gasteiger partial charge in [0.05, 0.1) is 37.6 Å². The zero-order valence-electron chi connectivity index (χ0n) is 18.8. The molecular weight excluding hydrogens is 408 g/mol. The summed E-state index contributed by atoms with van der Waals surface area (Å²) in [4.78, 5) is 25.7. The molecule has 7 heteroatoms. The van der Waals surface area contributed by atoms with Crippen LogP contribution in [0, 0.1) is 0 Å². The Morgan fingerprint density at radius 2 is 1.78 bits per heavy atom. The molecule has 0 spiro atoms. The quantitative estimate of drug-likeness (QED) is 0.419. The topological polar surface area (TPSA) is 85.9 Å². The number of carbonyl (C=O) groups excluding carboxylic acids is 2. The van der Waals surface area contributed by atoms with Crippen LogP contribution in [0.2, 0.25) is 0 Å². The van der Waals surface area contributed by atoms with Gasteiger partial charge < -0.3 is 24.8 Å². The molecular formula is C25H30N2O5. The average Bonchev–Trinajstić information content (AvgIpc) is 2.81. The average molecular weight is 439 g/mol. The van der Waals surface area contributed by atoms with Gasteiger partial charge in [0.2, 0.25) is 0 Å². The van der Waals surface area contributed by atoms with Crippen LogP contribution < -0.4 is 20.1 Å². The number of hydrogen-bond donors (Lipinski definition) is 2. The standard InChI is InChI=1S/C25H30N2O5/c1-4-6-9-16-32-20-11-8-7-10-19(20)23-21(24(28)31-5-2)22(26-25(29)27-23)17-12-14-18(30-3)15-13-17/h7-8,10-15,23H,4-6,9,16H2,1-3H3,(H2,26,27,29). The van der Waals surface area contributed by atoms with E-state index in [1.165, 1.54) is 0 Å². The van der Waals surface area contributed by atoms with Gasteiger partial charge in [0.1, 0.15) is 11.5 Å². The Morgan fingerprint density at radius 1 is 1.03 bits per heavy atom. The van der Waals surface area contributed by atoms with Gasteiger partial charge in [-0.25, -0.2) is 9.59 Å². The Bertz CT molecular complexity index is 969. The minimum atomic E-state index is -0.720. The van der Waals surface area contributed by atoms with Crippen LogP contribution in [0.3, 0.4) is 0 Å². The summed E-state index contributed by atoms with van der Waals surface area (Å²) in [6.07, 6.45) is 3.10. The lowest BCUT2D eigenvalue weighted by Crippen LogP contribution is -2.45. The second-order valence-electron chi connectivity index (χ2n) is 7.36. The zero-order chi connectivity index (χ0) is 22.9. The molecule has 0 saturated heterocycles. The summed E-state index contributed by atoms with van der Waals surface area (Å²) in [7, 11) is 1.58. The van der Waals surface area contributed by atoms with Crippen molar-refractivity contribution in [3.8, 4) is 11.5 Å². The molecule has 0 saturated carbocycles. The van der Waals surface area contributed by atoms with E-state index in [4.69, 9.17) is 14.2 Å². The second-order valence-corrected chi connectivity index (χ2v) is 7.36. The summed E-state index contributed by atoms with van der Waals surface area (Å²) >= 11 is 0. The van der Waals surface area contributed by atoms with E-state index in [1.807, 2.05) is 24.3 Å². The van der Waals surface area contributed by atoms with Crippen LogP contribution in [0.25, 0.3) is 5.70 Å². The highest BCUT2D eigenvalue weighted by Gasteiger charge is 2.35. The van der Waals surface area contributed by atoms with Gasteiger partial charge in [0.25, 0.3) is 0 Å². The summed E-state index contributed by atoms with van der Waals surface area (Å²) in [5, 5.41) is 5.66. The van der Waals surface area contributed by atoms with E-state index in [0.717, 1.165) is 19.3 Å². The van der Waals surface area contributed by atoms with Crippen LogP contribution in [-0.4, -0.2) is 32.3 Å². The highest BCUT2D eigenvalue weighted by atomic mass is 16.5. The summed E-state index contributed by atoms with van der Waals surface area (Å²) in [6, 6.07) is 13.5. The number of unbranched alkanes of at least 4 members (excludes halogenated alkanes) is 2. The highest BCUT2D eigenvalue weighted by Crippen LogP contribution is 2.36. The lowest BCUT2D eigenvalue weighted by Gasteiger charge is -2.30. The van der Waals surface area contributed by atoms with Crippen LogP contribution in [0.4, 0.5) is 4.79 Å². The minimum Gasteiger partial charge on any atom is -0.497 e. The van der Waals surface area contributed by atoms with Crippen molar-refractivity contribution in [2.45, 2.75) is 39.2 Å². The van der Waals surface area contributed by atoms with Gasteiger partial charge in [-0.1, -0.05) is 38.0 Å². The first-order valence-electron chi connectivity index (χ1n) is 10.9. The smallest absolute Gasteiger partial charge is 0.338 e. The molecule has 0 aliphatic carbocycles. The van der Waals surface area contributed by atoms with Gasteiger partial charge in [-0.15, -0.1) is 0 Å². The SMILES string of the molecule is CCCCCOc1ccccc1C1NC(=O)NC(c2ccc(OC)cc2)=C1C(=O)OCC. The Labute approximate surface area is 188 Å². The number of amides is 2. The third-order valence-electron chi connectivity index (χ3n) is 5.18. The molecule has 0 bridgehead atoms. The Kier molecular flexibility index (Phi) is 8.14. The lowest BCUT2D eigenvalue weighted by molar-refractivity contribution is -0.138. The van der Waals surface area contributed by atoms with E-state index in [0.29, 0.717) is 40.5 Å². The molecule has 3 rings (SSSR count). The molecule has 0 aromatic heterocycles. The fraction of sp³-hybridized carbons (Fsp3) is 0.360. The van der Waals surface area contributed by atoms with E-state index >= 15 is 0 Å². The fourth-order valence-electron chi connectivity index (χ4n) is 3.60. The molecule has 7 nitrogen and oxygen atoms in total. The molecule has 0 radical (unpaired) electrons. The van der Waals surface area contributed by atoms with Crippen LogP contribution in [0.15, 0.2) is 54.1 Å². The lowest BCUT2D eigenvalue weighted by atomic mass is 9.92. The number of carbonyl (C=O) groups is 2. The van der Waals surface area contributed by atoms with Gasteiger partial charge in [-0.05, 0) is 49.2 Å². The van der Waals surface area contributed by atoms with Gasteiger partial charge in [-0.2, -0.15) is 0 Å². The van der Waals surface area contributed by atoms with Gasteiger partial charge >= 0.3 is 12.0 Å². The molecule has 2 amide bonds. The first-order chi connectivity index (χ1) is 15.6. The van der Waals surface area contributed by atoms with Crippen molar-refractivity contribution in [1.82, 2.24) is 10.6 Å². The molecule has 0 fully saturated rings. The van der Waals surface area contributed by atoms with Gasteiger partial charge in [0, 0.05) is 5.56 Å². The molecule has 1 atom stereocenters. The molecule has 1 aliphatic heterocycles. The summed E-state index contributed by atoms with van der Waals surface area (Å²) < 4.78 is 16.6. The fourth-order valence-corrected chi connectivity index (χ4v) is 3.60. The molecule has 170 valence electrons. The maximum absolute atomic E-state index is 13.1. The van der Waals surface area contributed by atoms with Crippen LogP contribution >= 0.6 is 0 Å². The van der Waals surface area contributed by atoms with Gasteiger partial charge in [-0.3, -0.25) is 0 Å². The Balaban J connectivity index is 2.07. The van der Waals surface area contributed by atoms with Crippen molar-refractivity contribution in [2.75, 3.05) is 20.3 Å². The number of methoxy groups -OCH3 is 1. The molecule has 2 aromatic carbocycles. The van der Waals surface area contributed by atoms with E-state index < -0.39 is 18.0 Å². The first-order valence-corrected chi connectivity index (χ1v) is 10.9. The second kappa shape index (κ2) is 11.2. The summed E-state index contributed by atoms with van der Waals surface area (Å²) in [6.45, 7) is 4.66. The summed E-state index contributed by atoms with van der Waals surface area (Å²) in [5.41, 5.74) is 2.10. The van der Waals surface area contributed by atoms with E-state index in [9.17, 15) is 9.59 Å². The molecule has 1 aliphatic rings. The monoisotopic (exact) mass is 438 g/mol. The van der Waals surface area contributed by atoms with Crippen molar-refractivity contribution in [2.24, 2.45) is 0 Å². The molecule has 32 heavy (non-hydrogen) atoms. The number of hydrogen-bond acceptors (Lipinski definition) is 5. The molecule has 1 unspecified atom stereocenters. The predicted octanol–water partition coefficient (Wildman–Crippen LogP) is 4.59. The molecule has 2 aromatic rings. The van der Waals surface area contributed by atoms with Crippen molar-refractivity contribution < 1.29 is 23.8 Å². The number of nitrogens with one attached hydrogen (secondary N) is 2. The third kappa shape index (κ3) is 5.41. The van der Waals surface area contributed by atoms with Crippen molar-refractivity contribution in [3.05, 3.63) is 65.2 Å².